The largest absolute Gasteiger partial charge is 0.396 e. The predicted octanol–water partition coefficient (Wildman–Crippen LogP) is 3.65. The molecule has 2 unspecified atom stereocenters. The minimum Gasteiger partial charge on any atom is -0.396 e. The molecule has 0 aliphatic carbocycles. The fourth-order valence-electron chi connectivity index (χ4n) is 2.81. The van der Waals surface area contributed by atoms with Gasteiger partial charge in [-0.05, 0) is 55.4 Å². The molecular formula is C20H25F2NO. The Bertz CT molecular complexity index is 660. The minimum absolute atomic E-state index is 0.0379. The Labute approximate surface area is 142 Å². The third-order valence-corrected chi connectivity index (χ3v) is 4.32. The van der Waals surface area contributed by atoms with Crippen LogP contribution >= 0.6 is 0 Å². The quantitative estimate of drug-likeness (QED) is 0.773. The molecule has 2 aromatic carbocycles. The highest BCUT2D eigenvalue weighted by atomic mass is 19.1. The summed E-state index contributed by atoms with van der Waals surface area (Å²) in [5.41, 5.74) is 2.95. The van der Waals surface area contributed by atoms with Crippen molar-refractivity contribution < 1.29 is 13.9 Å². The van der Waals surface area contributed by atoms with Crippen LogP contribution in [0.2, 0.25) is 0 Å². The molecule has 0 aromatic heterocycles. The second-order valence-electron chi connectivity index (χ2n) is 6.43. The van der Waals surface area contributed by atoms with Crippen LogP contribution < -0.4 is 5.32 Å². The highest BCUT2D eigenvalue weighted by molar-refractivity contribution is 5.26. The van der Waals surface area contributed by atoms with Crippen molar-refractivity contribution in [2.45, 2.75) is 32.7 Å². The number of hydrogen-bond donors (Lipinski definition) is 2. The van der Waals surface area contributed by atoms with E-state index in [1.807, 2.05) is 19.1 Å². The van der Waals surface area contributed by atoms with Crippen molar-refractivity contribution in [3.05, 3.63) is 70.8 Å². The highest BCUT2D eigenvalue weighted by Gasteiger charge is 2.13. The third-order valence-electron chi connectivity index (χ3n) is 4.32. The fourth-order valence-corrected chi connectivity index (χ4v) is 2.81. The van der Waals surface area contributed by atoms with Crippen LogP contribution in [0.15, 0.2) is 42.5 Å². The SMILES string of the molecule is Cc1ccccc1CC(CO)CNC(C)Cc1ccc(F)cc1F. The maximum atomic E-state index is 13.7. The number of aliphatic hydroxyl groups excluding tert-OH is 1. The lowest BCUT2D eigenvalue weighted by atomic mass is 9.96. The van der Waals surface area contributed by atoms with Crippen LogP contribution in [0, 0.1) is 24.5 Å². The lowest BCUT2D eigenvalue weighted by Gasteiger charge is -2.20. The van der Waals surface area contributed by atoms with Crippen LogP contribution in [0.1, 0.15) is 23.6 Å². The van der Waals surface area contributed by atoms with Gasteiger partial charge in [0.2, 0.25) is 0 Å². The fraction of sp³-hybridized carbons (Fsp3) is 0.400. The van der Waals surface area contributed by atoms with E-state index in [-0.39, 0.29) is 18.6 Å². The van der Waals surface area contributed by atoms with Gasteiger partial charge in [0.1, 0.15) is 11.6 Å². The summed E-state index contributed by atoms with van der Waals surface area (Å²) in [7, 11) is 0. The molecule has 0 fully saturated rings. The molecule has 0 saturated carbocycles. The lowest BCUT2D eigenvalue weighted by molar-refractivity contribution is 0.218. The number of hydrogen-bond acceptors (Lipinski definition) is 2. The van der Waals surface area contributed by atoms with E-state index in [1.165, 1.54) is 23.3 Å². The monoisotopic (exact) mass is 333 g/mol. The highest BCUT2D eigenvalue weighted by Crippen LogP contribution is 2.14. The Morgan fingerprint density at radius 2 is 1.79 bits per heavy atom. The van der Waals surface area contributed by atoms with Crippen LogP contribution in [-0.2, 0) is 12.8 Å². The molecule has 0 radical (unpaired) electrons. The molecule has 130 valence electrons. The van der Waals surface area contributed by atoms with Crippen LogP contribution in [0.25, 0.3) is 0 Å². The molecule has 2 atom stereocenters. The Morgan fingerprint density at radius 1 is 1.04 bits per heavy atom. The molecule has 2 aromatic rings. The molecule has 0 heterocycles. The average molecular weight is 333 g/mol. The van der Waals surface area contributed by atoms with Crippen LogP contribution in [0.4, 0.5) is 8.78 Å². The van der Waals surface area contributed by atoms with Gasteiger partial charge in [-0.1, -0.05) is 30.3 Å². The lowest BCUT2D eigenvalue weighted by Crippen LogP contribution is -2.35. The maximum Gasteiger partial charge on any atom is 0.129 e. The Morgan fingerprint density at radius 3 is 2.46 bits per heavy atom. The topological polar surface area (TPSA) is 32.3 Å². The third kappa shape index (κ3) is 5.39. The second kappa shape index (κ2) is 8.90. The molecule has 4 heteroatoms. The predicted molar refractivity (Wildman–Crippen MR) is 93.0 cm³/mol. The first kappa shape index (κ1) is 18.6. The van der Waals surface area contributed by atoms with E-state index >= 15 is 0 Å². The molecule has 0 spiro atoms. The number of halogens is 2. The van der Waals surface area contributed by atoms with Gasteiger partial charge in [-0.2, -0.15) is 0 Å². The van der Waals surface area contributed by atoms with Crippen LogP contribution in [-0.4, -0.2) is 24.3 Å². The zero-order chi connectivity index (χ0) is 17.5. The summed E-state index contributed by atoms with van der Waals surface area (Å²) in [5, 5.41) is 13.0. The summed E-state index contributed by atoms with van der Waals surface area (Å²) in [6.07, 6.45) is 1.28. The first-order valence-electron chi connectivity index (χ1n) is 8.32. The molecule has 2 N–H and O–H groups in total. The van der Waals surface area contributed by atoms with Gasteiger partial charge in [-0.25, -0.2) is 8.78 Å². The number of rotatable bonds is 8. The van der Waals surface area contributed by atoms with Gasteiger partial charge in [0.25, 0.3) is 0 Å². The molecule has 2 nitrogen and oxygen atoms in total. The van der Waals surface area contributed by atoms with Crippen molar-refractivity contribution in [1.82, 2.24) is 5.32 Å². The minimum atomic E-state index is -0.560. The molecule has 24 heavy (non-hydrogen) atoms. The van der Waals surface area contributed by atoms with E-state index in [0.717, 1.165) is 12.5 Å². The second-order valence-corrected chi connectivity index (χ2v) is 6.43. The summed E-state index contributed by atoms with van der Waals surface area (Å²) in [5.74, 6) is -0.968. The van der Waals surface area contributed by atoms with E-state index < -0.39 is 11.6 Å². The average Bonchev–Trinajstić information content (AvgIpc) is 2.55. The van der Waals surface area contributed by atoms with Gasteiger partial charge in [0.15, 0.2) is 0 Å². The van der Waals surface area contributed by atoms with Crippen molar-refractivity contribution in [1.29, 1.82) is 0 Å². The van der Waals surface area contributed by atoms with Gasteiger partial charge < -0.3 is 10.4 Å². The summed E-state index contributed by atoms with van der Waals surface area (Å²) in [6.45, 7) is 4.77. The standard InChI is InChI=1S/C20H25F2NO/c1-14-5-3-4-6-17(14)10-16(13-24)12-23-15(2)9-18-7-8-19(21)11-20(18)22/h3-8,11,15-16,23-24H,9-10,12-13H2,1-2H3. The Hall–Kier alpha value is -1.78. The summed E-state index contributed by atoms with van der Waals surface area (Å²) < 4.78 is 26.6. The zero-order valence-corrected chi connectivity index (χ0v) is 14.2. The van der Waals surface area contributed by atoms with Crippen molar-refractivity contribution >= 4 is 0 Å². The summed E-state index contributed by atoms with van der Waals surface area (Å²) in [6, 6.07) is 11.9. The van der Waals surface area contributed by atoms with Gasteiger partial charge in [0, 0.05) is 25.3 Å². The molecule has 0 aliphatic rings. The van der Waals surface area contributed by atoms with Gasteiger partial charge in [0.05, 0.1) is 0 Å². The first-order chi connectivity index (χ1) is 11.5. The molecule has 0 aliphatic heterocycles. The van der Waals surface area contributed by atoms with Crippen molar-refractivity contribution in [2.24, 2.45) is 5.92 Å². The molecular weight excluding hydrogens is 308 g/mol. The van der Waals surface area contributed by atoms with E-state index in [2.05, 4.69) is 24.4 Å². The summed E-state index contributed by atoms with van der Waals surface area (Å²) in [4.78, 5) is 0. The van der Waals surface area contributed by atoms with E-state index in [1.54, 1.807) is 0 Å². The molecule has 0 saturated heterocycles. The van der Waals surface area contributed by atoms with Crippen molar-refractivity contribution in [3.63, 3.8) is 0 Å². The summed E-state index contributed by atoms with van der Waals surface area (Å²) >= 11 is 0. The van der Waals surface area contributed by atoms with Crippen LogP contribution in [0.5, 0.6) is 0 Å². The molecule has 0 amide bonds. The van der Waals surface area contributed by atoms with Crippen molar-refractivity contribution in [2.75, 3.05) is 13.2 Å². The van der Waals surface area contributed by atoms with Gasteiger partial charge >= 0.3 is 0 Å². The van der Waals surface area contributed by atoms with Crippen molar-refractivity contribution in [3.8, 4) is 0 Å². The smallest absolute Gasteiger partial charge is 0.129 e. The van der Waals surface area contributed by atoms with Gasteiger partial charge in [-0.3, -0.25) is 0 Å². The number of aliphatic hydroxyl groups is 1. The van der Waals surface area contributed by atoms with E-state index in [0.29, 0.717) is 18.5 Å². The van der Waals surface area contributed by atoms with Crippen LogP contribution in [0.3, 0.4) is 0 Å². The molecule has 2 rings (SSSR count). The van der Waals surface area contributed by atoms with Gasteiger partial charge in [-0.15, -0.1) is 0 Å². The number of aryl methyl sites for hydroxylation is 1. The number of benzene rings is 2. The Balaban J connectivity index is 1.87. The Kier molecular flexibility index (Phi) is 6.88. The zero-order valence-electron chi connectivity index (χ0n) is 14.2. The maximum absolute atomic E-state index is 13.7. The normalized spacial score (nSPS) is 13.7. The first-order valence-corrected chi connectivity index (χ1v) is 8.32. The molecule has 0 bridgehead atoms. The number of nitrogens with one attached hydrogen (secondary N) is 1. The van der Waals surface area contributed by atoms with E-state index in [4.69, 9.17) is 0 Å². The van der Waals surface area contributed by atoms with E-state index in [9.17, 15) is 13.9 Å².